The second-order valence-electron chi connectivity index (χ2n) is 6.19. The third kappa shape index (κ3) is 3.43. The van der Waals surface area contributed by atoms with Crippen LogP contribution >= 0.6 is 11.8 Å². The molecule has 1 saturated heterocycles. The molecule has 1 heterocycles. The minimum atomic E-state index is 0.583. The summed E-state index contributed by atoms with van der Waals surface area (Å²) in [4.78, 5) is 2.76. The van der Waals surface area contributed by atoms with Crippen molar-refractivity contribution in [3.63, 3.8) is 0 Å². The van der Waals surface area contributed by atoms with Crippen LogP contribution in [0, 0.1) is 0 Å². The molecule has 0 aromatic carbocycles. The Balaban J connectivity index is 1.86. The van der Waals surface area contributed by atoms with Crippen molar-refractivity contribution in [3.05, 3.63) is 0 Å². The summed E-state index contributed by atoms with van der Waals surface area (Å²) in [6.07, 6.45) is 10.8. The number of nitrogens with one attached hydrogen (secondary N) is 1. The maximum absolute atomic E-state index is 3.62. The Morgan fingerprint density at radius 1 is 1.33 bits per heavy atom. The van der Waals surface area contributed by atoms with Crippen LogP contribution in [0.15, 0.2) is 0 Å². The van der Waals surface area contributed by atoms with Gasteiger partial charge < -0.3 is 5.32 Å². The lowest BCUT2D eigenvalue weighted by Crippen LogP contribution is -2.51. The van der Waals surface area contributed by atoms with Crippen LogP contribution in [0.2, 0.25) is 0 Å². The van der Waals surface area contributed by atoms with Gasteiger partial charge in [-0.25, -0.2) is 0 Å². The monoisotopic (exact) mass is 270 g/mol. The van der Waals surface area contributed by atoms with E-state index in [1.54, 1.807) is 0 Å². The van der Waals surface area contributed by atoms with Gasteiger partial charge in [0.2, 0.25) is 0 Å². The fourth-order valence-electron chi connectivity index (χ4n) is 3.75. The molecule has 1 aliphatic carbocycles. The van der Waals surface area contributed by atoms with E-state index in [4.69, 9.17) is 0 Å². The molecule has 2 rings (SSSR count). The SMILES string of the molecule is CCNC1CCN(CC2(SC)CCCC2)C(C)C1. The van der Waals surface area contributed by atoms with E-state index < -0.39 is 0 Å². The van der Waals surface area contributed by atoms with Crippen molar-refractivity contribution >= 4 is 11.8 Å². The van der Waals surface area contributed by atoms with E-state index >= 15 is 0 Å². The van der Waals surface area contributed by atoms with Crippen molar-refractivity contribution in [2.45, 2.75) is 69.2 Å². The van der Waals surface area contributed by atoms with E-state index in [2.05, 4.69) is 42.1 Å². The van der Waals surface area contributed by atoms with Crippen molar-refractivity contribution in [1.82, 2.24) is 10.2 Å². The molecule has 2 atom stereocenters. The molecular weight excluding hydrogens is 240 g/mol. The quantitative estimate of drug-likeness (QED) is 0.826. The Morgan fingerprint density at radius 2 is 2.06 bits per heavy atom. The number of likely N-dealkylation sites (tertiary alicyclic amines) is 1. The van der Waals surface area contributed by atoms with Gasteiger partial charge in [0, 0.05) is 23.4 Å². The third-order valence-corrected chi connectivity index (χ3v) is 6.35. The van der Waals surface area contributed by atoms with Gasteiger partial charge in [-0.15, -0.1) is 0 Å². The first-order valence-electron chi connectivity index (χ1n) is 7.72. The van der Waals surface area contributed by atoms with Crippen LogP contribution in [0.5, 0.6) is 0 Å². The maximum atomic E-state index is 3.62. The molecule has 1 aliphatic heterocycles. The molecule has 0 aromatic heterocycles. The fraction of sp³-hybridized carbons (Fsp3) is 1.00. The van der Waals surface area contributed by atoms with Crippen LogP contribution in [-0.2, 0) is 0 Å². The van der Waals surface area contributed by atoms with Crippen LogP contribution in [0.3, 0.4) is 0 Å². The number of rotatable bonds is 5. The molecule has 18 heavy (non-hydrogen) atoms. The molecule has 1 N–H and O–H groups in total. The molecule has 0 aromatic rings. The van der Waals surface area contributed by atoms with E-state index in [0.717, 1.165) is 18.6 Å². The predicted octanol–water partition coefficient (Wildman–Crippen LogP) is 3.12. The van der Waals surface area contributed by atoms with Gasteiger partial charge in [0.05, 0.1) is 0 Å². The van der Waals surface area contributed by atoms with E-state index in [-0.39, 0.29) is 0 Å². The van der Waals surface area contributed by atoms with Crippen LogP contribution in [-0.4, -0.2) is 47.6 Å². The number of piperidine rings is 1. The third-order valence-electron chi connectivity index (χ3n) is 4.95. The number of hydrogen-bond donors (Lipinski definition) is 1. The Morgan fingerprint density at radius 3 is 2.61 bits per heavy atom. The molecule has 3 heteroatoms. The van der Waals surface area contributed by atoms with Crippen molar-refractivity contribution in [1.29, 1.82) is 0 Å². The molecule has 2 nitrogen and oxygen atoms in total. The highest BCUT2D eigenvalue weighted by Crippen LogP contribution is 2.41. The second-order valence-corrected chi connectivity index (χ2v) is 7.47. The molecule has 2 aliphatic rings. The zero-order chi connectivity index (χ0) is 13.0. The summed E-state index contributed by atoms with van der Waals surface area (Å²) in [6.45, 7) is 8.38. The van der Waals surface area contributed by atoms with E-state index in [0.29, 0.717) is 4.75 Å². The average molecular weight is 270 g/mol. The first-order chi connectivity index (χ1) is 8.69. The van der Waals surface area contributed by atoms with Gasteiger partial charge in [0.1, 0.15) is 0 Å². The van der Waals surface area contributed by atoms with Gasteiger partial charge in [-0.1, -0.05) is 19.8 Å². The van der Waals surface area contributed by atoms with Crippen molar-refractivity contribution in [2.24, 2.45) is 0 Å². The highest BCUT2D eigenvalue weighted by Gasteiger charge is 2.37. The zero-order valence-electron chi connectivity index (χ0n) is 12.4. The average Bonchev–Trinajstić information content (AvgIpc) is 2.82. The maximum Gasteiger partial charge on any atom is 0.0284 e. The fourth-order valence-corrected chi connectivity index (χ4v) is 4.74. The first kappa shape index (κ1) is 14.7. The van der Waals surface area contributed by atoms with E-state index in [1.165, 1.54) is 51.6 Å². The smallest absolute Gasteiger partial charge is 0.0284 e. The summed E-state index contributed by atoms with van der Waals surface area (Å²) < 4.78 is 0.583. The minimum absolute atomic E-state index is 0.583. The molecular formula is C15H30N2S. The van der Waals surface area contributed by atoms with E-state index in [9.17, 15) is 0 Å². The minimum Gasteiger partial charge on any atom is -0.314 e. The molecule has 1 saturated carbocycles. The standard InChI is InChI=1S/C15H30N2S/c1-4-16-14-7-10-17(13(2)11-14)12-15(18-3)8-5-6-9-15/h13-14,16H,4-12H2,1-3H3. The molecule has 0 bridgehead atoms. The highest BCUT2D eigenvalue weighted by atomic mass is 32.2. The number of hydrogen-bond acceptors (Lipinski definition) is 3. The van der Waals surface area contributed by atoms with Gasteiger partial charge in [0.25, 0.3) is 0 Å². The molecule has 0 amide bonds. The van der Waals surface area contributed by atoms with Crippen LogP contribution in [0.25, 0.3) is 0 Å². The molecule has 0 radical (unpaired) electrons. The lowest BCUT2D eigenvalue weighted by atomic mass is 9.96. The Hall–Kier alpha value is 0.270. The Kier molecular flexibility index (Phi) is 5.40. The summed E-state index contributed by atoms with van der Waals surface area (Å²) in [7, 11) is 0. The van der Waals surface area contributed by atoms with Gasteiger partial charge in [-0.3, -0.25) is 4.90 Å². The Bertz CT molecular complexity index is 251. The van der Waals surface area contributed by atoms with E-state index in [1.807, 2.05) is 0 Å². The summed E-state index contributed by atoms with van der Waals surface area (Å²) in [6, 6.07) is 1.52. The lowest BCUT2D eigenvalue weighted by Gasteiger charge is -2.42. The van der Waals surface area contributed by atoms with Crippen molar-refractivity contribution in [3.8, 4) is 0 Å². The van der Waals surface area contributed by atoms with Crippen LogP contribution < -0.4 is 5.32 Å². The molecule has 0 spiro atoms. The molecule has 106 valence electrons. The van der Waals surface area contributed by atoms with Gasteiger partial charge in [0.15, 0.2) is 0 Å². The lowest BCUT2D eigenvalue weighted by molar-refractivity contribution is 0.124. The van der Waals surface area contributed by atoms with Gasteiger partial charge in [-0.05, 0) is 52.0 Å². The second kappa shape index (κ2) is 6.62. The van der Waals surface area contributed by atoms with Crippen LogP contribution in [0.1, 0.15) is 52.4 Å². The zero-order valence-corrected chi connectivity index (χ0v) is 13.2. The first-order valence-corrected chi connectivity index (χ1v) is 8.94. The van der Waals surface area contributed by atoms with Crippen molar-refractivity contribution in [2.75, 3.05) is 25.9 Å². The Labute approximate surface area is 117 Å². The number of nitrogens with zero attached hydrogens (tertiary/aromatic N) is 1. The normalized spacial score (nSPS) is 32.8. The van der Waals surface area contributed by atoms with Gasteiger partial charge >= 0.3 is 0 Å². The predicted molar refractivity (Wildman–Crippen MR) is 82.4 cm³/mol. The van der Waals surface area contributed by atoms with Crippen LogP contribution in [0.4, 0.5) is 0 Å². The topological polar surface area (TPSA) is 15.3 Å². The van der Waals surface area contributed by atoms with Gasteiger partial charge in [-0.2, -0.15) is 11.8 Å². The summed E-state index contributed by atoms with van der Waals surface area (Å²) in [5, 5.41) is 3.62. The summed E-state index contributed by atoms with van der Waals surface area (Å²) in [5.41, 5.74) is 0. The summed E-state index contributed by atoms with van der Waals surface area (Å²) in [5.74, 6) is 0. The molecule has 2 fully saturated rings. The molecule has 2 unspecified atom stereocenters. The highest BCUT2D eigenvalue weighted by molar-refractivity contribution is 8.00. The van der Waals surface area contributed by atoms with Crippen molar-refractivity contribution < 1.29 is 0 Å². The summed E-state index contributed by atoms with van der Waals surface area (Å²) >= 11 is 2.13. The largest absolute Gasteiger partial charge is 0.314 e. The number of thioether (sulfide) groups is 1.